The molecule has 1 aromatic carbocycles. The lowest BCUT2D eigenvalue weighted by atomic mass is 9.93. The minimum atomic E-state index is 0.458. The fourth-order valence-electron chi connectivity index (χ4n) is 3.43. The molecule has 1 aliphatic carbocycles. The lowest BCUT2D eigenvalue weighted by molar-refractivity contribution is 0.395. The van der Waals surface area contributed by atoms with Crippen LogP contribution in [0.15, 0.2) is 30.6 Å². The van der Waals surface area contributed by atoms with E-state index < -0.39 is 0 Å². The Morgan fingerprint density at radius 3 is 2.67 bits per heavy atom. The van der Waals surface area contributed by atoms with Gasteiger partial charge in [-0.3, -0.25) is 9.97 Å². The molecule has 1 aliphatic rings. The smallest absolute Gasteiger partial charge is 0.0890 e. The molecule has 1 N–H and O–H groups in total. The first-order valence-corrected chi connectivity index (χ1v) is 8.31. The highest BCUT2D eigenvalue weighted by Crippen LogP contribution is 2.33. The predicted molar refractivity (Wildman–Crippen MR) is 87.1 cm³/mol. The largest absolute Gasteiger partial charge is 0.310 e. The summed E-state index contributed by atoms with van der Waals surface area (Å²) in [6.07, 6.45) is 11.6. The molecule has 1 fully saturated rings. The lowest BCUT2D eigenvalue weighted by Gasteiger charge is -2.22. The molecule has 0 bridgehead atoms. The molecule has 112 valence electrons. The van der Waals surface area contributed by atoms with Crippen LogP contribution in [0.4, 0.5) is 0 Å². The van der Waals surface area contributed by atoms with Gasteiger partial charge < -0.3 is 5.32 Å². The highest BCUT2D eigenvalue weighted by atomic mass is 14.9. The minimum Gasteiger partial charge on any atom is -0.310 e. The molecule has 0 saturated heterocycles. The average Bonchev–Trinajstić information content (AvgIpc) is 3.04. The van der Waals surface area contributed by atoms with Crippen molar-refractivity contribution in [3.05, 3.63) is 36.2 Å². The Kier molecular flexibility index (Phi) is 4.81. The van der Waals surface area contributed by atoms with Gasteiger partial charge in [0, 0.05) is 18.4 Å². The van der Waals surface area contributed by atoms with E-state index in [-0.39, 0.29) is 0 Å². The number of hydrogen-bond acceptors (Lipinski definition) is 3. The first-order valence-electron chi connectivity index (χ1n) is 8.31. The van der Waals surface area contributed by atoms with E-state index >= 15 is 0 Å². The summed E-state index contributed by atoms with van der Waals surface area (Å²) in [5, 5.41) is 3.73. The summed E-state index contributed by atoms with van der Waals surface area (Å²) in [4.78, 5) is 8.81. The number of fused-ring (bicyclic) bond motifs is 1. The van der Waals surface area contributed by atoms with Gasteiger partial charge in [-0.2, -0.15) is 0 Å². The predicted octanol–water partition coefficient (Wildman–Crippen LogP) is 4.25. The molecule has 1 unspecified atom stereocenters. The fraction of sp³-hybridized carbons (Fsp3) is 0.556. The molecule has 21 heavy (non-hydrogen) atoms. The van der Waals surface area contributed by atoms with Crippen molar-refractivity contribution < 1.29 is 0 Å². The Labute approximate surface area is 127 Å². The fourth-order valence-corrected chi connectivity index (χ4v) is 3.43. The monoisotopic (exact) mass is 283 g/mol. The second-order valence-electron chi connectivity index (χ2n) is 6.20. The number of benzene rings is 1. The topological polar surface area (TPSA) is 37.8 Å². The number of hydrogen-bond donors (Lipinski definition) is 1. The van der Waals surface area contributed by atoms with Crippen molar-refractivity contribution in [3.63, 3.8) is 0 Å². The van der Waals surface area contributed by atoms with Crippen LogP contribution in [0.2, 0.25) is 0 Å². The zero-order valence-electron chi connectivity index (χ0n) is 12.9. The summed E-state index contributed by atoms with van der Waals surface area (Å²) in [5.74, 6) is 0.886. The van der Waals surface area contributed by atoms with Gasteiger partial charge in [0.25, 0.3) is 0 Å². The van der Waals surface area contributed by atoms with Gasteiger partial charge in [-0.1, -0.05) is 38.7 Å². The van der Waals surface area contributed by atoms with E-state index in [1.54, 1.807) is 12.4 Å². The van der Waals surface area contributed by atoms with Crippen molar-refractivity contribution in [2.24, 2.45) is 5.92 Å². The number of rotatable bonds is 6. The third-order valence-corrected chi connectivity index (χ3v) is 4.58. The molecule has 0 radical (unpaired) electrons. The molecule has 1 aromatic heterocycles. The normalized spacial score (nSPS) is 17.4. The van der Waals surface area contributed by atoms with Crippen molar-refractivity contribution in [1.82, 2.24) is 15.3 Å². The summed E-state index contributed by atoms with van der Waals surface area (Å²) >= 11 is 0. The molecular formula is C18H25N3. The number of nitrogens with one attached hydrogen (secondary N) is 1. The van der Waals surface area contributed by atoms with Crippen LogP contribution in [0, 0.1) is 5.92 Å². The van der Waals surface area contributed by atoms with Crippen LogP contribution in [-0.2, 0) is 0 Å². The molecule has 3 heteroatoms. The van der Waals surface area contributed by atoms with E-state index in [4.69, 9.17) is 0 Å². The quantitative estimate of drug-likeness (QED) is 0.861. The van der Waals surface area contributed by atoms with Gasteiger partial charge in [0.15, 0.2) is 0 Å². The Hall–Kier alpha value is -1.48. The lowest BCUT2D eigenvalue weighted by Crippen LogP contribution is -2.24. The van der Waals surface area contributed by atoms with E-state index in [9.17, 15) is 0 Å². The zero-order valence-corrected chi connectivity index (χ0v) is 12.9. The van der Waals surface area contributed by atoms with Gasteiger partial charge in [0.2, 0.25) is 0 Å². The SMILES string of the molecule is CCCNC(CC1CCCC1)c1ccc2nccnc2c1. The van der Waals surface area contributed by atoms with Gasteiger partial charge >= 0.3 is 0 Å². The molecule has 0 spiro atoms. The van der Waals surface area contributed by atoms with Gasteiger partial charge in [-0.05, 0) is 43.0 Å². The van der Waals surface area contributed by atoms with Gasteiger partial charge in [0.05, 0.1) is 11.0 Å². The highest BCUT2D eigenvalue weighted by Gasteiger charge is 2.21. The molecule has 2 aromatic rings. The molecule has 1 heterocycles. The van der Waals surface area contributed by atoms with Gasteiger partial charge in [0.1, 0.15) is 0 Å². The van der Waals surface area contributed by atoms with E-state index in [1.165, 1.54) is 44.1 Å². The van der Waals surface area contributed by atoms with E-state index in [2.05, 4.69) is 40.4 Å². The second kappa shape index (κ2) is 6.99. The van der Waals surface area contributed by atoms with E-state index in [1.807, 2.05) is 0 Å². The van der Waals surface area contributed by atoms with E-state index in [0.29, 0.717) is 6.04 Å². The molecule has 1 atom stereocenters. The summed E-state index contributed by atoms with van der Waals surface area (Å²) in [7, 11) is 0. The minimum absolute atomic E-state index is 0.458. The van der Waals surface area contributed by atoms with Crippen molar-refractivity contribution in [2.45, 2.75) is 51.5 Å². The van der Waals surface area contributed by atoms with Crippen molar-refractivity contribution >= 4 is 11.0 Å². The zero-order chi connectivity index (χ0) is 14.5. The Morgan fingerprint density at radius 2 is 1.90 bits per heavy atom. The van der Waals surface area contributed by atoms with Gasteiger partial charge in [-0.15, -0.1) is 0 Å². The first-order chi connectivity index (χ1) is 10.4. The number of nitrogens with zero attached hydrogens (tertiary/aromatic N) is 2. The van der Waals surface area contributed by atoms with Crippen LogP contribution in [-0.4, -0.2) is 16.5 Å². The van der Waals surface area contributed by atoms with Crippen LogP contribution < -0.4 is 5.32 Å². The third-order valence-electron chi connectivity index (χ3n) is 4.58. The maximum Gasteiger partial charge on any atom is 0.0890 e. The highest BCUT2D eigenvalue weighted by molar-refractivity contribution is 5.74. The van der Waals surface area contributed by atoms with Crippen LogP contribution in [0.5, 0.6) is 0 Å². The van der Waals surface area contributed by atoms with Crippen molar-refractivity contribution in [1.29, 1.82) is 0 Å². The Balaban J connectivity index is 1.81. The summed E-state index contributed by atoms with van der Waals surface area (Å²) in [6, 6.07) is 7.00. The Morgan fingerprint density at radius 1 is 1.14 bits per heavy atom. The third kappa shape index (κ3) is 3.59. The van der Waals surface area contributed by atoms with Gasteiger partial charge in [-0.25, -0.2) is 0 Å². The maximum absolute atomic E-state index is 4.45. The van der Waals surface area contributed by atoms with Crippen molar-refractivity contribution in [2.75, 3.05) is 6.54 Å². The molecule has 0 aliphatic heterocycles. The average molecular weight is 283 g/mol. The summed E-state index contributed by atoms with van der Waals surface area (Å²) in [6.45, 7) is 3.31. The summed E-state index contributed by atoms with van der Waals surface area (Å²) < 4.78 is 0. The first kappa shape index (κ1) is 14.5. The number of aromatic nitrogens is 2. The molecular weight excluding hydrogens is 258 g/mol. The van der Waals surface area contributed by atoms with Crippen LogP contribution in [0.25, 0.3) is 11.0 Å². The van der Waals surface area contributed by atoms with Crippen LogP contribution in [0.3, 0.4) is 0 Å². The van der Waals surface area contributed by atoms with E-state index in [0.717, 1.165) is 23.5 Å². The molecule has 3 rings (SSSR count). The summed E-state index contributed by atoms with van der Waals surface area (Å²) in [5.41, 5.74) is 3.35. The maximum atomic E-state index is 4.45. The van der Waals surface area contributed by atoms with Crippen LogP contribution >= 0.6 is 0 Å². The molecule has 0 amide bonds. The standard InChI is InChI=1S/C18H25N3/c1-2-9-19-17(12-14-5-3-4-6-14)15-7-8-16-18(13-15)21-11-10-20-16/h7-8,10-11,13-14,17,19H,2-6,9,12H2,1H3. The molecule has 3 nitrogen and oxygen atoms in total. The molecule has 1 saturated carbocycles. The van der Waals surface area contributed by atoms with Crippen LogP contribution in [0.1, 0.15) is 57.1 Å². The van der Waals surface area contributed by atoms with Crippen molar-refractivity contribution in [3.8, 4) is 0 Å². The Bertz CT molecular complexity index is 575. The second-order valence-corrected chi connectivity index (χ2v) is 6.20.